The Balaban J connectivity index is 1.56. The van der Waals surface area contributed by atoms with E-state index in [1.165, 1.54) is 6.92 Å². The van der Waals surface area contributed by atoms with Gasteiger partial charge in [-0.1, -0.05) is 60.7 Å². The largest absolute Gasteiger partial charge is 0.370 e. The lowest BCUT2D eigenvalue weighted by Crippen LogP contribution is -2.56. The molecule has 202 valence electrons. The monoisotopic (exact) mass is 521 g/mol. The number of nitrogens with two attached hydrogens (primary N) is 1. The Morgan fingerprint density at radius 2 is 1.63 bits per heavy atom. The van der Waals surface area contributed by atoms with Gasteiger partial charge in [-0.2, -0.15) is 0 Å². The Hall–Kier alpha value is -3.89. The van der Waals surface area contributed by atoms with Gasteiger partial charge >= 0.3 is 0 Å². The van der Waals surface area contributed by atoms with Gasteiger partial charge < -0.3 is 16.4 Å². The number of Topliss-reactive ketones (excluding diaryl/α,β-unsaturated/α-hetero) is 2. The summed E-state index contributed by atoms with van der Waals surface area (Å²) in [4.78, 5) is 62.0. The topological polar surface area (TPSA) is 151 Å². The van der Waals surface area contributed by atoms with Gasteiger partial charge in [0.1, 0.15) is 11.8 Å². The van der Waals surface area contributed by atoms with Crippen LogP contribution in [0.3, 0.4) is 0 Å². The van der Waals surface area contributed by atoms with E-state index in [1.54, 1.807) is 35.3 Å². The molecule has 2 aromatic rings. The summed E-state index contributed by atoms with van der Waals surface area (Å²) in [6.07, 6.45) is 1.81. The summed E-state index contributed by atoms with van der Waals surface area (Å²) in [6, 6.07) is 16.1. The van der Waals surface area contributed by atoms with Gasteiger partial charge in [-0.3, -0.25) is 24.0 Å². The number of nitrogens with zero attached hydrogens (tertiary/aromatic N) is 1. The van der Waals surface area contributed by atoms with E-state index in [9.17, 15) is 24.0 Å². The van der Waals surface area contributed by atoms with Crippen molar-refractivity contribution in [3.05, 3.63) is 71.8 Å². The number of benzene rings is 2. The number of hydrogen-bond donors (Lipinski definition) is 4. The van der Waals surface area contributed by atoms with Crippen molar-refractivity contribution >= 4 is 29.3 Å². The van der Waals surface area contributed by atoms with Crippen LogP contribution in [0.5, 0.6) is 0 Å². The van der Waals surface area contributed by atoms with E-state index in [1.807, 2.05) is 30.3 Å². The van der Waals surface area contributed by atoms with Crippen LogP contribution in [0.4, 0.5) is 0 Å². The molecule has 0 aliphatic carbocycles. The SMILES string of the molecule is CC(=O)[C@H](Cc1ccccc1)NN1CCC[C@H]1C(=O)NCC(=O)N[C@@H](CCC(N)=O)C(=O)c1ccccc1. The predicted molar refractivity (Wildman–Crippen MR) is 142 cm³/mol. The quantitative estimate of drug-likeness (QED) is 0.270. The number of amides is 3. The molecule has 0 radical (unpaired) electrons. The molecule has 2 aromatic carbocycles. The highest BCUT2D eigenvalue weighted by molar-refractivity contribution is 6.02. The minimum Gasteiger partial charge on any atom is -0.370 e. The molecule has 1 saturated heterocycles. The molecule has 0 bridgehead atoms. The third-order valence-electron chi connectivity index (χ3n) is 6.46. The van der Waals surface area contributed by atoms with E-state index in [0.29, 0.717) is 24.9 Å². The zero-order valence-electron chi connectivity index (χ0n) is 21.5. The highest BCUT2D eigenvalue weighted by Crippen LogP contribution is 2.16. The van der Waals surface area contributed by atoms with Crippen LogP contribution < -0.4 is 21.8 Å². The number of carbonyl (C=O) groups is 5. The van der Waals surface area contributed by atoms with Crippen LogP contribution in [-0.2, 0) is 25.6 Å². The average molecular weight is 522 g/mol. The minimum absolute atomic E-state index is 0.0376. The fraction of sp³-hybridized carbons (Fsp3) is 0.393. The lowest BCUT2D eigenvalue weighted by Gasteiger charge is -2.28. The number of nitrogens with one attached hydrogen (secondary N) is 3. The molecule has 3 rings (SSSR count). The lowest BCUT2D eigenvalue weighted by atomic mass is 10.00. The Bertz CT molecular complexity index is 1120. The summed E-state index contributed by atoms with van der Waals surface area (Å²) in [5.41, 5.74) is 9.85. The zero-order chi connectivity index (χ0) is 27.5. The van der Waals surface area contributed by atoms with Crippen LogP contribution in [0.25, 0.3) is 0 Å². The molecule has 5 N–H and O–H groups in total. The van der Waals surface area contributed by atoms with Crippen molar-refractivity contribution in [2.75, 3.05) is 13.1 Å². The Labute approximate surface area is 222 Å². The molecule has 38 heavy (non-hydrogen) atoms. The zero-order valence-corrected chi connectivity index (χ0v) is 21.5. The van der Waals surface area contributed by atoms with E-state index in [2.05, 4.69) is 16.1 Å². The number of hydrogen-bond acceptors (Lipinski definition) is 7. The summed E-state index contributed by atoms with van der Waals surface area (Å²) in [6.45, 7) is 1.77. The van der Waals surface area contributed by atoms with Crippen LogP contribution >= 0.6 is 0 Å². The average Bonchev–Trinajstić information content (AvgIpc) is 3.38. The molecular weight excluding hydrogens is 486 g/mol. The number of primary amides is 1. The fourth-order valence-electron chi connectivity index (χ4n) is 4.41. The molecule has 0 aromatic heterocycles. The van der Waals surface area contributed by atoms with Crippen LogP contribution in [0, 0.1) is 0 Å². The summed E-state index contributed by atoms with van der Waals surface area (Å²) in [5.74, 6) is -1.87. The molecule has 3 atom stereocenters. The first-order valence-electron chi connectivity index (χ1n) is 12.8. The summed E-state index contributed by atoms with van der Waals surface area (Å²) >= 11 is 0. The second kappa shape index (κ2) is 14.2. The maximum absolute atomic E-state index is 12.9. The Morgan fingerprint density at radius 1 is 0.974 bits per heavy atom. The number of ketones is 2. The van der Waals surface area contributed by atoms with Gasteiger partial charge in [-0.05, 0) is 38.2 Å². The fourth-order valence-corrected chi connectivity index (χ4v) is 4.41. The highest BCUT2D eigenvalue weighted by atomic mass is 16.2. The molecule has 1 aliphatic rings. The molecule has 0 spiro atoms. The molecule has 0 saturated carbocycles. The summed E-state index contributed by atoms with van der Waals surface area (Å²) in [5, 5.41) is 7.01. The minimum atomic E-state index is -0.951. The van der Waals surface area contributed by atoms with Crippen molar-refractivity contribution in [1.29, 1.82) is 0 Å². The van der Waals surface area contributed by atoms with E-state index < -0.39 is 29.9 Å². The molecule has 0 unspecified atom stereocenters. The maximum Gasteiger partial charge on any atom is 0.239 e. The smallest absolute Gasteiger partial charge is 0.239 e. The van der Waals surface area contributed by atoms with Gasteiger partial charge in [-0.25, -0.2) is 10.4 Å². The van der Waals surface area contributed by atoms with Gasteiger partial charge in [0.2, 0.25) is 17.7 Å². The van der Waals surface area contributed by atoms with E-state index in [0.717, 1.165) is 12.0 Å². The van der Waals surface area contributed by atoms with Gasteiger partial charge in [-0.15, -0.1) is 0 Å². The number of hydrazine groups is 1. The van der Waals surface area contributed by atoms with Crippen molar-refractivity contribution in [2.24, 2.45) is 5.73 Å². The first-order valence-corrected chi connectivity index (χ1v) is 12.8. The molecule has 1 fully saturated rings. The second-order valence-electron chi connectivity index (χ2n) is 9.41. The Kier molecular flexibility index (Phi) is 10.7. The number of rotatable bonds is 14. The standard InChI is InChI=1S/C28H35N5O5/c1-19(34)23(17-20-9-4-2-5-10-20)32-33-16-8-13-24(33)28(38)30-18-26(36)31-22(14-15-25(29)35)27(37)21-11-6-3-7-12-21/h2-7,9-12,22-24,32H,8,13-18H2,1H3,(H2,29,35)(H,30,38)(H,31,36)/t22-,23-,24-/m0/s1. The second-order valence-corrected chi connectivity index (χ2v) is 9.41. The third kappa shape index (κ3) is 8.60. The van der Waals surface area contributed by atoms with Gasteiger partial charge in [0.05, 0.1) is 18.6 Å². The predicted octanol–water partition coefficient (Wildman–Crippen LogP) is 0.905. The van der Waals surface area contributed by atoms with E-state index in [-0.39, 0.29) is 36.9 Å². The molecule has 1 aliphatic heterocycles. The Morgan fingerprint density at radius 3 is 2.26 bits per heavy atom. The van der Waals surface area contributed by atoms with Gasteiger partial charge in [0.25, 0.3) is 0 Å². The van der Waals surface area contributed by atoms with Crippen molar-refractivity contribution in [3.63, 3.8) is 0 Å². The van der Waals surface area contributed by atoms with Crippen molar-refractivity contribution < 1.29 is 24.0 Å². The van der Waals surface area contributed by atoms with Crippen LogP contribution in [0.2, 0.25) is 0 Å². The third-order valence-corrected chi connectivity index (χ3v) is 6.46. The molecule has 1 heterocycles. The van der Waals surface area contributed by atoms with Crippen LogP contribution in [0.15, 0.2) is 60.7 Å². The van der Waals surface area contributed by atoms with Gasteiger partial charge in [0, 0.05) is 18.5 Å². The lowest BCUT2D eigenvalue weighted by molar-refractivity contribution is -0.131. The summed E-state index contributed by atoms with van der Waals surface area (Å²) in [7, 11) is 0. The first-order chi connectivity index (χ1) is 18.2. The van der Waals surface area contributed by atoms with Crippen LogP contribution in [-0.4, -0.2) is 65.5 Å². The maximum atomic E-state index is 12.9. The van der Waals surface area contributed by atoms with Crippen LogP contribution in [0.1, 0.15) is 48.5 Å². The summed E-state index contributed by atoms with van der Waals surface area (Å²) < 4.78 is 0. The molecule has 10 heteroatoms. The van der Waals surface area contributed by atoms with Crippen molar-refractivity contribution in [3.8, 4) is 0 Å². The van der Waals surface area contributed by atoms with E-state index >= 15 is 0 Å². The first kappa shape index (κ1) is 28.7. The van der Waals surface area contributed by atoms with E-state index in [4.69, 9.17) is 5.73 Å². The molecular formula is C28H35N5O5. The number of carbonyl (C=O) groups excluding carboxylic acids is 5. The van der Waals surface area contributed by atoms with Gasteiger partial charge in [0.15, 0.2) is 5.78 Å². The van der Waals surface area contributed by atoms with Crippen molar-refractivity contribution in [2.45, 2.75) is 57.2 Å². The highest BCUT2D eigenvalue weighted by Gasteiger charge is 2.33. The molecule has 3 amide bonds. The normalized spacial score (nSPS) is 16.8. The van der Waals surface area contributed by atoms with Crippen molar-refractivity contribution in [1.82, 2.24) is 21.1 Å². The molecule has 10 nitrogen and oxygen atoms in total.